The van der Waals surface area contributed by atoms with E-state index in [0.717, 1.165) is 16.4 Å². The minimum absolute atomic E-state index is 0.0726. The number of likely N-dealkylation sites (N-methyl/N-ethyl adjacent to an activating group) is 1. The van der Waals surface area contributed by atoms with E-state index in [1.807, 2.05) is 0 Å². The van der Waals surface area contributed by atoms with Gasteiger partial charge in [-0.15, -0.1) is 0 Å². The Morgan fingerprint density at radius 1 is 1.17 bits per heavy atom. The number of piperidine rings is 1. The van der Waals surface area contributed by atoms with Crippen molar-refractivity contribution in [3.63, 3.8) is 0 Å². The summed E-state index contributed by atoms with van der Waals surface area (Å²) >= 11 is 0. The Balaban J connectivity index is 1.29. The quantitative estimate of drug-likeness (QED) is 0.393. The summed E-state index contributed by atoms with van der Waals surface area (Å²) in [5.74, 6) is -0.0759. The molecule has 2 saturated heterocycles. The maximum absolute atomic E-state index is 13.6. The van der Waals surface area contributed by atoms with Crippen LogP contribution in [0.3, 0.4) is 0 Å². The van der Waals surface area contributed by atoms with E-state index in [-0.39, 0.29) is 44.0 Å². The number of ether oxygens (including phenoxy) is 4. The Morgan fingerprint density at radius 3 is 2.46 bits per heavy atom. The van der Waals surface area contributed by atoms with Crippen molar-refractivity contribution >= 4 is 16.1 Å². The average Bonchev–Trinajstić information content (AvgIpc) is 3.35. The number of hydrogen-bond acceptors (Lipinski definition) is 7. The van der Waals surface area contributed by atoms with Gasteiger partial charge in [-0.05, 0) is 55.2 Å². The van der Waals surface area contributed by atoms with E-state index in [1.54, 1.807) is 24.3 Å². The zero-order valence-corrected chi connectivity index (χ0v) is 23.4. The molecule has 0 aromatic heterocycles. The minimum atomic E-state index is -4.83. The van der Waals surface area contributed by atoms with Crippen molar-refractivity contribution in [1.82, 2.24) is 9.21 Å². The van der Waals surface area contributed by atoms with Crippen molar-refractivity contribution in [1.29, 1.82) is 0 Å². The first-order chi connectivity index (χ1) is 19.3. The Morgan fingerprint density at radius 2 is 1.85 bits per heavy atom. The number of nitrogens with zero attached hydrogens (tertiary/aromatic N) is 2. The monoisotopic (exact) mass is 604 g/mol. The van der Waals surface area contributed by atoms with Crippen LogP contribution in [0.4, 0.5) is 22.4 Å². The smallest absolute Gasteiger partial charge is 0.427 e. The predicted octanol–water partition coefficient (Wildman–Crippen LogP) is 4.36. The van der Waals surface area contributed by atoms with E-state index in [1.165, 1.54) is 31.2 Å². The molecular formula is C27H32F4N2O7S. The van der Waals surface area contributed by atoms with E-state index < -0.39 is 52.5 Å². The summed E-state index contributed by atoms with van der Waals surface area (Å²) in [6, 6.07) is 10.8. The molecule has 41 heavy (non-hydrogen) atoms. The molecule has 2 fully saturated rings. The second-order valence-electron chi connectivity index (χ2n) is 10.1. The number of rotatable bonds is 9. The summed E-state index contributed by atoms with van der Waals surface area (Å²) in [4.78, 5) is 13.6. The Hall–Kier alpha value is -2.94. The maximum Gasteiger partial charge on any atom is 0.427 e. The van der Waals surface area contributed by atoms with Gasteiger partial charge in [0.05, 0.1) is 43.5 Å². The minimum Gasteiger partial charge on any atom is -0.497 e. The Kier molecular flexibility index (Phi) is 9.46. The van der Waals surface area contributed by atoms with Crippen molar-refractivity contribution in [2.24, 2.45) is 0 Å². The molecule has 2 aliphatic rings. The van der Waals surface area contributed by atoms with Crippen molar-refractivity contribution in [2.75, 3.05) is 40.5 Å². The zero-order valence-electron chi connectivity index (χ0n) is 22.6. The first kappa shape index (κ1) is 31.0. The summed E-state index contributed by atoms with van der Waals surface area (Å²) in [5, 5.41) is 0. The molecule has 226 valence electrons. The van der Waals surface area contributed by atoms with Crippen molar-refractivity contribution in [3.8, 4) is 5.75 Å². The van der Waals surface area contributed by atoms with Gasteiger partial charge < -0.3 is 23.8 Å². The molecule has 0 aliphatic carbocycles. The number of halogens is 4. The molecule has 1 unspecified atom stereocenters. The second-order valence-corrected chi connectivity index (χ2v) is 12.1. The number of methoxy groups -OCH3 is 1. The lowest BCUT2D eigenvalue weighted by atomic mass is 9.87. The fraction of sp³-hybridized carbons (Fsp3) is 0.519. The molecule has 2 aromatic rings. The standard InChI is InChI=1S/C27H32F4N2O7S/c1-32(41(35,36)23-5-3-4-20(28)14-23)21-15-26(39-17-21)10-12-33(13-11-26)25(34)40-24(27(29,30)31)18-38-16-19-6-8-22(37-2)9-7-19/h3-9,14,21,24H,10-13,15-18H2,1-2H3/t21?,24-/m1/s1. The predicted molar refractivity (Wildman–Crippen MR) is 138 cm³/mol. The third kappa shape index (κ3) is 7.48. The SMILES string of the molecule is COc1ccc(COC[C@@H](OC(=O)N2CCC3(CC2)CC(N(C)S(=O)(=O)c2cccc(F)c2)CO3)C(F)(F)F)cc1. The molecule has 2 heterocycles. The Bertz CT molecular complexity index is 1300. The summed E-state index contributed by atoms with van der Waals surface area (Å²) in [7, 11) is -1.08. The first-order valence-corrected chi connectivity index (χ1v) is 14.4. The van der Waals surface area contributed by atoms with Gasteiger partial charge in [-0.3, -0.25) is 0 Å². The van der Waals surface area contributed by atoms with Gasteiger partial charge in [0, 0.05) is 20.1 Å². The molecule has 0 bridgehead atoms. The molecule has 2 aromatic carbocycles. The normalized spacial score (nSPS) is 19.9. The fourth-order valence-corrected chi connectivity index (χ4v) is 6.26. The van der Waals surface area contributed by atoms with Crippen LogP contribution >= 0.6 is 0 Å². The number of alkyl halides is 3. The van der Waals surface area contributed by atoms with Gasteiger partial charge in [-0.2, -0.15) is 17.5 Å². The third-order valence-electron chi connectivity index (χ3n) is 7.41. The van der Waals surface area contributed by atoms with Crippen LogP contribution in [0.5, 0.6) is 5.75 Å². The van der Waals surface area contributed by atoms with Crippen LogP contribution in [-0.2, 0) is 30.8 Å². The highest BCUT2D eigenvalue weighted by molar-refractivity contribution is 7.89. The van der Waals surface area contributed by atoms with Gasteiger partial charge in [-0.1, -0.05) is 18.2 Å². The van der Waals surface area contributed by atoms with Crippen LogP contribution in [0.1, 0.15) is 24.8 Å². The zero-order chi connectivity index (χ0) is 29.8. The molecule has 0 N–H and O–H groups in total. The number of likely N-dealkylation sites (tertiary alicyclic amines) is 1. The van der Waals surface area contributed by atoms with Crippen LogP contribution in [0, 0.1) is 5.82 Å². The molecule has 1 amide bonds. The van der Waals surface area contributed by atoms with Gasteiger partial charge in [0.25, 0.3) is 0 Å². The summed E-state index contributed by atoms with van der Waals surface area (Å²) < 4.78 is 102. The third-order valence-corrected chi connectivity index (χ3v) is 9.32. The second kappa shape index (κ2) is 12.5. The Labute approximate surface area is 236 Å². The molecule has 2 aliphatic heterocycles. The van der Waals surface area contributed by atoms with Crippen LogP contribution in [0.25, 0.3) is 0 Å². The summed E-state index contributed by atoms with van der Waals surface area (Å²) in [6.45, 7) is -0.734. The molecule has 0 radical (unpaired) electrons. The van der Waals surface area contributed by atoms with Crippen molar-refractivity contribution in [2.45, 2.75) is 54.7 Å². The van der Waals surface area contributed by atoms with Crippen LogP contribution < -0.4 is 4.74 Å². The van der Waals surface area contributed by atoms with Crippen molar-refractivity contribution < 1.29 is 49.7 Å². The number of hydrogen-bond donors (Lipinski definition) is 0. The fourth-order valence-electron chi connectivity index (χ4n) is 4.89. The topological polar surface area (TPSA) is 94.6 Å². The lowest BCUT2D eigenvalue weighted by molar-refractivity contribution is -0.220. The van der Waals surface area contributed by atoms with Crippen LogP contribution in [-0.4, -0.2) is 88.1 Å². The van der Waals surface area contributed by atoms with Crippen molar-refractivity contribution in [3.05, 3.63) is 59.9 Å². The lowest BCUT2D eigenvalue weighted by Gasteiger charge is -2.38. The van der Waals surface area contributed by atoms with Gasteiger partial charge in [-0.25, -0.2) is 17.6 Å². The van der Waals surface area contributed by atoms with Gasteiger partial charge >= 0.3 is 12.3 Å². The first-order valence-electron chi connectivity index (χ1n) is 12.9. The van der Waals surface area contributed by atoms with Gasteiger partial charge in [0.15, 0.2) is 0 Å². The van der Waals surface area contributed by atoms with E-state index in [0.29, 0.717) is 17.7 Å². The van der Waals surface area contributed by atoms with Gasteiger partial charge in [0.2, 0.25) is 16.1 Å². The highest BCUT2D eigenvalue weighted by atomic mass is 32.2. The van der Waals surface area contributed by atoms with E-state index in [4.69, 9.17) is 18.9 Å². The van der Waals surface area contributed by atoms with E-state index >= 15 is 0 Å². The van der Waals surface area contributed by atoms with E-state index in [9.17, 15) is 30.8 Å². The van der Waals surface area contributed by atoms with Crippen LogP contribution in [0.2, 0.25) is 0 Å². The molecule has 4 rings (SSSR count). The summed E-state index contributed by atoms with van der Waals surface area (Å²) in [6.07, 6.45) is -7.49. The number of benzene rings is 2. The molecule has 14 heteroatoms. The molecule has 1 spiro atoms. The molecule has 9 nitrogen and oxygen atoms in total. The van der Waals surface area contributed by atoms with Crippen LogP contribution in [0.15, 0.2) is 53.4 Å². The maximum atomic E-state index is 13.6. The highest BCUT2D eigenvalue weighted by Crippen LogP contribution is 2.39. The van der Waals surface area contributed by atoms with Gasteiger partial charge in [0.1, 0.15) is 11.6 Å². The number of carbonyl (C=O) groups is 1. The average molecular weight is 605 g/mol. The molecular weight excluding hydrogens is 572 g/mol. The largest absolute Gasteiger partial charge is 0.497 e. The highest BCUT2D eigenvalue weighted by Gasteiger charge is 2.48. The molecule has 0 saturated carbocycles. The number of sulfonamides is 1. The lowest BCUT2D eigenvalue weighted by Crippen LogP contribution is -2.49. The molecule has 2 atom stereocenters. The number of carbonyl (C=O) groups excluding carboxylic acids is 1. The van der Waals surface area contributed by atoms with E-state index in [2.05, 4.69) is 0 Å². The number of amides is 1. The summed E-state index contributed by atoms with van der Waals surface area (Å²) in [5.41, 5.74) is -0.110.